The lowest BCUT2D eigenvalue weighted by Crippen LogP contribution is -2.12. The number of para-hydroxylation sites is 1. The predicted molar refractivity (Wildman–Crippen MR) is 124 cm³/mol. The molecule has 1 aliphatic rings. The minimum atomic E-state index is -0.609. The van der Waals surface area contributed by atoms with Crippen molar-refractivity contribution in [2.24, 2.45) is 4.99 Å². The summed E-state index contributed by atoms with van der Waals surface area (Å²) >= 11 is 1.21. The fourth-order valence-electron chi connectivity index (χ4n) is 2.92. The van der Waals surface area contributed by atoms with E-state index >= 15 is 0 Å². The van der Waals surface area contributed by atoms with Gasteiger partial charge in [0.25, 0.3) is 0 Å². The fraction of sp³-hybridized carbons (Fsp3) is 0.250. The van der Waals surface area contributed by atoms with Gasteiger partial charge >= 0.3 is 5.97 Å². The molecule has 0 atom stereocenters. The number of aliphatic imine (C=N–C) groups is 1. The number of hydrogen-bond donors (Lipinski definition) is 1. The highest BCUT2D eigenvalue weighted by Crippen LogP contribution is 2.41. The maximum absolute atomic E-state index is 12.5. The van der Waals surface area contributed by atoms with Crippen molar-refractivity contribution in [3.05, 3.63) is 70.3 Å². The molecule has 0 saturated carbocycles. The Hall–Kier alpha value is -3.19. The van der Waals surface area contributed by atoms with Crippen LogP contribution in [0.25, 0.3) is 6.08 Å². The van der Waals surface area contributed by atoms with E-state index in [1.165, 1.54) is 11.8 Å². The molecule has 0 spiro atoms. The average Bonchev–Trinajstić information content (AvgIpc) is 3.06. The Morgan fingerprint density at radius 3 is 2.45 bits per heavy atom. The number of carbonyl (C=O) groups is 1. The number of benzene rings is 2. The summed E-state index contributed by atoms with van der Waals surface area (Å²) in [5.41, 5.74) is 1.49. The molecule has 0 aromatic heterocycles. The minimum Gasteiger partial charge on any atom is -0.506 e. The molecule has 2 aromatic rings. The first-order valence-electron chi connectivity index (χ1n) is 10.1. The van der Waals surface area contributed by atoms with Crippen molar-refractivity contribution < 1.29 is 24.1 Å². The molecular weight excluding hydrogens is 414 g/mol. The summed E-state index contributed by atoms with van der Waals surface area (Å²) in [5, 5.41) is 11.2. The Kier molecular flexibility index (Phi) is 7.78. The topological polar surface area (TPSA) is 77.4 Å². The number of aliphatic hydroxyl groups excluding tert-OH is 1. The first kappa shape index (κ1) is 22.5. The number of aliphatic hydroxyl groups is 1. The van der Waals surface area contributed by atoms with E-state index in [-0.39, 0.29) is 17.9 Å². The van der Waals surface area contributed by atoms with Crippen LogP contribution in [-0.2, 0) is 9.53 Å². The van der Waals surface area contributed by atoms with Gasteiger partial charge in [-0.2, -0.15) is 0 Å². The Bertz CT molecular complexity index is 1030. The lowest BCUT2D eigenvalue weighted by Gasteiger charge is -2.11. The molecule has 7 heteroatoms. The van der Waals surface area contributed by atoms with E-state index in [0.29, 0.717) is 40.3 Å². The third-order valence-corrected chi connectivity index (χ3v) is 5.26. The van der Waals surface area contributed by atoms with Gasteiger partial charge in [0, 0.05) is 11.6 Å². The molecule has 1 aliphatic heterocycles. The van der Waals surface area contributed by atoms with Gasteiger partial charge in [0.2, 0.25) is 0 Å². The lowest BCUT2D eigenvalue weighted by molar-refractivity contribution is -0.138. The summed E-state index contributed by atoms with van der Waals surface area (Å²) in [7, 11) is 0. The van der Waals surface area contributed by atoms with Crippen molar-refractivity contribution in [3.8, 4) is 11.5 Å². The van der Waals surface area contributed by atoms with Crippen LogP contribution in [0.1, 0.15) is 26.3 Å². The monoisotopic (exact) mass is 439 g/mol. The van der Waals surface area contributed by atoms with Gasteiger partial charge in [0.1, 0.15) is 27.9 Å². The molecular formula is C24H25NO5S. The Morgan fingerprint density at radius 1 is 1.03 bits per heavy atom. The highest BCUT2D eigenvalue weighted by atomic mass is 32.2. The zero-order chi connectivity index (χ0) is 22.2. The first-order valence-corrected chi connectivity index (χ1v) is 10.9. The third kappa shape index (κ3) is 5.49. The molecule has 0 unspecified atom stereocenters. The van der Waals surface area contributed by atoms with Crippen LogP contribution in [0.15, 0.2) is 69.8 Å². The van der Waals surface area contributed by atoms with E-state index in [1.54, 1.807) is 13.0 Å². The number of rotatable bonds is 8. The molecule has 0 bridgehead atoms. The second-order valence-electron chi connectivity index (χ2n) is 6.37. The summed E-state index contributed by atoms with van der Waals surface area (Å²) in [6.07, 6.45) is 1.77. The Morgan fingerprint density at radius 2 is 1.77 bits per heavy atom. The molecule has 0 fully saturated rings. The van der Waals surface area contributed by atoms with Crippen LogP contribution >= 0.6 is 11.8 Å². The average molecular weight is 440 g/mol. The number of carbonyl (C=O) groups excluding carboxylic acids is 1. The van der Waals surface area contributed by atoms with Crippen molar-refractivity contribution in [3.63, 3.8) is 0 Å². The van der Waals surface area contributed by atoms with Gasteiger partial charge in [0.15, 0.2) is 0 Å². The number of ether oxygens (including phenoxy) is 3. The van der Waals surface area contributed by atoms with E-state index < -0.39 is 5.97 Å². The summed E-state index contributed by atoms with van der Waals surface area (Å²) in [4.78, 5) is 17.6. The second-order valence-corrected chi connectivity index (χ2v) is 7.40. The maximum atomic E-state index is 12.5. The molecule has 1 heterocycles. The van der Waals surface area contributed by atoms with E-state index in [9.17, 15) is 9.90 Å². The smallest absolute Gasteiger partial charge is 0.344 e. The quantitative estimate of drug-likeness (QED) is 0.534. The molecule has 162 valence electrons. The summed E-state index contributed by atoms with van der Waals surface area (Å²) in [6, 6.07) is 14.8. The van der Waals surface area contributed by atoms with Crippen LogP contribution in [0.4, 0.5) is 5.69 Å². The standard InChI is InChI=1S/C24H25NO5S/c1-4-28-18-13-12-16(19(15-18)29-5-2)14-20-22(26)21(24(27)30-6-3)23(31-20)25-17-10-8-7-9-11-17/h7-15,26H,4-6H2,1-3H3/b20-14-,25-23?. The van der Waals surface area contributed by atoms with Crippen molar-refractivity contribution in [1.82, 2.24) is 0 Å². The van der Waals surface area contributed by atoms with Crippen molar-refractivity contribution in [2.45, 2.75) is 20.8 Å². The molecule has 31 heavy (non-hydrogen) atoms. The molecule has 3 rings (SSSR count). The van der Waals surface area contributed by atoms with Crippen LogP contribution in [-0.4, -0.2) is 35.9 Å². The van der Waals surface area contributed by atoms with Gasteiger partial charge in [-0.1, -0.05) is 30.0 Å². The normalized spacial score (nSPS) is 16.1. The highest BCUT2D eigenvalue weighted by molar-refractivity contribution is 8.18. The van der Waals surface area contributed by atoms with E-state index in [1.807, 2.05) is 62.4 Å². The molecule has 1 N–H and O–H groups in total. The van der Waals surface area contributed by atoms with Crippen molar-refractivity contribution in [1.29, 1.82) is 0 Å². The zero-order valence-corrected chi connectivity index (χ0v) is 18.6. The Labute approximate surface area is 186 Å². The van der Waals surface area contributed by atoms with E-state index in [0.717, 1.165) is 5.56 Å². The SMILES string of the molecule is CCOC(=O)C1=C(O)/C(=C/c2ccc(OCC)cc2OCC)SC1=Nc1ccccc1. The van der Waals surface area contributed by atoms with Gasteiger partial charge in [-0.05, 0) is 51.1 Å². The minimum absolute atomic E-state index is 0.0610. The molecule has 0 aliphatic carbocycles. The summed E-state index contributed by atoms with van der Waals surface area (Å²) in [6.45, 7) is 6.76. The van der Waals surface area contributed by atoms with Crippen LogP contribution in [0.5, 0.6) is 11.5 Å². The first-order chi connectivity index (χ1) is 15.1. The van der Waals surface area contributed by atoms with Crippen molar-refractivity contribution >= 4 is 34.5 Å². The third-order valence-electron chi connectivity index (χ3n) is 4.24. The van der Waals surface area contributed by atoms with E-state index in [4.69, 9.17) is 14.2 Å². The van der Waals surface area contributed by atoms with E-state index in [2.05, 4.69) is 4.99 Å². The number of nitrogens with zero attached hydrogens (tertiary/aromatic N) is 1. The summed E-state index contributed by atoms with van der Waals surface area (Å²) < 4.78 is 16.5. The zero-order valence-electron chi connectivity index (χ0n) is 17.8. The number of hydrogen-bond acceptors (Lipinski definition) is 7. The summed E-state index contributed by atoms with van der Waals surface area (Å²) in [5.74, 6) is 0.558. The van der Waals surface area contributed by atoms with Crippen LogP contribution < -0.4 is 9.47 Å². The molecule has 0 radical (unpaired) electrons. The van der Waals surface area contributed by atoms with Gasteiger partial charge < -0.3 is 19.3 Å². The van der Waals surface area contributed by atoms with Gasteiger partial charge in [-0.15, -0.1) is 0 Å². The number of esters is 1. The van der Waals surface area contributed by atoms with Crippen LogP contribution in [0.2, 0.25) is 0 Å². The number of thioether (sulfide) groups is 1. The fourth-order valence-corrected chi connectivity index (χ4v) is 3.95. The van der Waals surface area contributed by atoms with Crippen molar-refractivity contribution in [2.75, 3.05) is 19.8 Å². The second kappa shape index (κ2) is 10.7. The molecule has 0 amide bonds. The Balaban J connectivity index is 2.04. The van der Waals surface area contributed by atoms with Gasteiger partial charge in [0.05, 0.1) is 30.4 Å². The largest absolute Gasteiger partial charge is 0.506 e. The van der Waals surface area contributed by atoms with Crippen LogP contribution in [0, 0.1) is 0 Å². The lowest BCUT2D eigenvalue weighted by atomic mass is 10.1. The predicted octanol–water partition coefficient (Wildman–Crippen LogP) is 5.68. The van der Waals surface area contributed by atoms with Crippen LogP contribution in [0.3, 0.4) is 0 Å². The molecule has 6 nitrogen and oxygen atoms in total. The molecule has 0 saturated heterocycles. The molecule has 2 aromatic carbocycles. The maximum Gasteiger partial charge on any atom is 0.344 e. The highest BCUT2D eigenvalue weighted by Gasteiger charge is 2.33. The van der Waals surface area contributed by atoms with Gasteiger partial charge in [-0.3, -0.25) is 0 Å². The van der Waals surface area contributed by atoms with Gasteiger partial charge in [-0.25, -0.2) is 9.79 Å².